The number of hydrogen-bond donors (Lipinski definition) is 1. The Balaban J connectivity index is 2.83. The van der Waals surface area contributed by atoms with E-state index in [-0.39, 0.29) is 0 Å². The zero-order chi connectivity index (χ0) is 7.66. The van der Waals surface area contributed by atoms with Gasteiger partial charge in [0.2, 0.25) is 0 Å². The summed E-state index contributed by atoms with van der Waals surface area (Å²) in [6.07, 6.45) is 4.85. The first-order valence-electron chi connectivity index (χ1n) is 3.47. The third-order valence-corrected chi connectivity index (χ3v) is 1.04. The highest BCUT2D eigenvalue weighted by Crippen LogP contribution is 1.78. The topological polar surface area (TPSA) is 21.3 Å². The maximum Gasteiger partial charge on any atom is 0.0679 e. The molecule has 1 N–H and O–H groups in total. The van der Waals surface area contributed by atoms with Crippen LogP contribution in [0.3, 0.4) is 0 Å². The number of rotatable bonds is 6. The van der Waals surface area contributed by atoms with Crippen molar-refractivity contribution in [3.63, 3.8) is 0 Å². The van der Waals surface area contributed by atoms with Crippen molar-refractivity contribution in [2.45, 2.75) is 13.3 Å². The zero-order valence-electron chi connectivity index (χ0n) is 6.27. The molecule has 0 aliphatic carbocycles. The third kappa shape index (κ3) is 7.95. The normalized spacial score (nSPS) is 11.0. The molecule has 0 bridgehead atoms. The Labute approximate surface area is 67.2 Å². The first-order valence-corrected chi connectivity index (χ1v) is 4.01. The van der Waals surface area contributed by atoms with Crippen LogP contribution in [0.4, 0.5) is 0 Å². The minimum atomic E-state index is 0.565. The van der Waals surface area contributed by atoms with Crippen molar-refractivity contribution in [1.82, 2.24) is 5.48 Å². The molecule has 10 heavy (non-hydrogen) atoms. The van der Waals surface area contributed by atoms with Crippen molar-refractivity contribution in [2.75, 3.05) is 19.0 Å². The molecule has 0 heterocycles. The zero-order valence-corrected chi connectivity index (χ0v) is 7.03. The Morgan fingerprint density at radius 2 is 2.30 bits per heavy atom. The Morgan fingerprint density at radius 1 is 1.50 bits per heavy atom. The number of allylic oxidation sites excluding steroid dienone is 1. The van der Waals surface area contributed by atoms with Crippen LogP contribution in [-0.4, -0.2) is 19.0 Å². The van der Waals surface area contributed by atoms with Crippen LogP contribution in [0.25, 0.3) is 0 Å². The quantitative estimate of drug-likeness (QED) is 0.279. The van der Waals surface area contributed by atoms with Crippen molar-refractivity contribution >= 4 is 11.6 Å². The summed E-state index contributed by atoms with van der Waals surface area (Å²) in [4.78, 5) is 4.99. The highest BCUT2D eigenvalue weighted by molar-refractivity contribution is 6.18. The summed E-state index contributed by atoms with van der Waals surface area (Å²) in [7, 11) is 0. The first kappa shape index (κ1) is 9.95. The molecule has 0 amide bonds. The smallest absolute Gasteiger partial charge is 0.0679 e. The lowest BCUT2D eigenvalue weighted by molar-refractivity contribution is 0.0490. The number of alkyl halides is 1. The van der Waals surface area contributed by atoms with Crippen molar-refractivity contribution in [3.05, 3.63) is 12.2 Å². The Kier molecular flexibility index (Phi) is 8.91. The second kappa shape index (κ2) is 8.95. The monoisotopic (exact) mass is 163 g/mol. The van der Waals surface area contributed by atoms with Gasteiger partial charge in [-0.3, -0.25) is 0 Å². The third-order valence-electron chi connectivity index (χ3n) is 0.865. The highest BCUT2D eigenvalue weighted by atomic mass is 35.5. The van der Waals surface area contributed by atoms with Crippen molar-refractivity contribution in [3.8, 4) is 0 Å². The molecular weight excluding hydrogens is 150 g/mol. The highest BCUT2D eigenvalue weighted by Gasteiger charge is 1.79. The molecule has 0 aliphatic rings. The van der Waals surface area contributed by atoms with Crippen LogP contribution in [0, 0.1) is 0 Å². The van der Waals surface area contributed by atoms with Gasteiger partial charge in [-0.1, -0.05) is 19.1 Å². The second-order valence-corrected chi connectivity index (χ2v) is 2.13. The Morgan fingerprint density at radius 3 is 2.90 bits per heavy atom. The molecule has 60 valence electrons. The van der Waals surface area contributed by atoms with Crippen molar-refractivity contribution in [1.29, 1.82) is 0 Å². The average Bonchev–Trinajstić information content (AvgIpc) is 1.97. The molecule has 0 aromatic rings. The number of hydroxylamine groups is 1. The SMILES string of the molecule is CCCONC/C=C/CCl. The largest absolute Gasteiger partial charge is 0.302 e. The van der Waals surface area contributed by atoms with Crippen LogP contribution >= 0.6 is 11.6 Å². The summed E-state index contributed by atoms with van der Waals surface area (Å²) in [5.74, 6) is 0.565. The van der Waals surface area contributed by atoms with E-state index in [2.05, 4.69) is 12.4 Å². The van der Waals surface area contributed by atoms with Crippen LogP contribution in [0.5, 0.6) is 0 Å². The van der Waals surface area contributed by atoms with E-state index in [1.54, 1.807) is 0 Å². The van der Waals surface area contributed by atoms with Crippen LogP contribution in [0.2, 0.25) is 0 Å². The van der Waals surface area contributed by atoms with Crippen LogP contribution < -0.4 is 5.48 Å². The van der Waals surface area contributed by atoms with Crippen LogP contribution in [0.15, 0.2) is 12.2 Å². The maximum absolute atomic E-state index is 5.39. The number of hydrogen-bond acceptors (Lipinski definition) is 2. The summed E-state index contributed by atoms with van der Waals surface area (Å²) < 4.78 is 0. The minimum Gasteiger partial charge on any atom is -0.302 e. The van der Waals surface area contributed by atoms with Gasteiger partial charge < -0.3 is 4.84 Å². The molecule has 0 saturated heterocycles. The molecule has 0 rings (SSSR count). The molecule has 3 heteroatoms. The lowest BCUT2D eigenvalue weighted by Gasteiger charge is -1.99. The fraction of sp³-hybridized carbons (Fsp3) is 0.714. The standard InChI is InChI=1S/C7H14ClNO/c1-2-7-10-9-6-4-3-5-8/h3-4,9H,2,5-7H2,1H3/b4-3+. The molecule has 0 fully saturated rings. The van der Waals surface area contributed by atoms with E-state index in [1.165, 1.54) is 0 Å². The second-order valence-electron chi connectivity index (χ2n) is 1.82. The van der Waals surface area contributed by atoms with Crippen molar-refractivity contribution in [2.24, 2.45) is 0 Å². The van der Waals surface area contributed by atoms with Gasteiger partial charge in [0, 0.05) is 12.4 Å². The lowest BCUT2D eigenvalue weighted by atomic mass is 10.5. The molecule has 0 atom stereocenters. The molecule has 0 radical (unpaired) electrons. The van der Waals surface area contributed by atoms with Crippen LogP contribution in [0.1, 0.15) is 13.3 Å². The molecule has 0 saturated carbocycles. The predicted octanol–water partition coefficient (Wildman–Crippen LogP) is 1.71. The van der Waals surface area contributed by atoms with Gasteiger partial charge in [-0.2, -0.15) is 5.48 Å². The molecule has 2 nitrogen and oxygen atoms in total. The predicted molar refractivity (Wildman–Crippen MR) is 44.1 cm³/mol. The molecule has 0 spiro atoms. The minimum absolute atomic E-state index is 0.565. The van der Waals surface area contributed by atoms with E-state index >= 15 is 0 Å². The van der Waals surface area contributed by atoms with E-state index in [1.807, 2.05) is 12.2 Å². The van der Waals surface area contributed by atoms with Crippen molar-refractivity contribution < 1.29 is 4.84 Å². The Hall–Kier alpha value is -0.0500. The molecule has 0 unspecified atom stereocenters. The van der Waals surface area contributed by atoms with Gasteiger partial charge in [0.1, 0.15) is 0 Å². The van der Waals surface area contributed by atoms with E-state index < -0.39 is 0 Å². The summed E-state index contributed by atoms with van der Waals surface area (Å²) in [6, 6.07) is 0. The molecular formula is C7H14ClNO. The fourth-order valence-corrected chi connectivity index (χ4v) is 0.554. The van der Waals surface area contributed by atoms with E-state index in [9.17, 15) is 0 Å². The van der Waals surface area contributed by atoms with E-state index in [0.717, 1.165) is 19.6 Å². The van der Waals surface area contributed by atoms with Gasteiger partial charge in [-0.05, 0) is 6.42 Å². The van der Waals surface area contributed by atoms with Gasteiger partial charge in [0.15, 0.2) is 0 Å². The molecule has 0 aromatic heterocycles. The van der Waals surface area contributed by atoms with Gasteiger partial charge in [-0.15, -0.1) is 11.6 Å². The summed E-state index contributed by atoms with van der Waals surface area (Å²) in [6.45, 7) is 3.55. The first-order chi connectivity index (χ1) is 4.91. The Bertz CT molecular complexity index is 85.7. The van der Waals surface area contributed by atoms with Gasteiger partial charge in [-0.25, -0.2) is 0 Å². The maximum atomic E-state index is 5.39. The summed E-state index contributed by atoms with van der Waals surface area (Å²) in [5.41, 5.74) is 2.78. The summed E-state index contributed by atoms with van der Waals surface area (Å²) in [5, 5.41) is 0. The number of halogens is 1. The van der Waals surface area contributed by atoms with Crippen LogP contribution in [-0.2, 0) is 4.84 Å². The fourth-order valence-electron chi connectivity index (χ4n) is 0.428. The van der Waals surface area contributed by atoms with Gasteiger partial charge in [0.05, 0.1) is 6.61 Å². The van der Waals surface area contributed by atoms with Gasteiger partial charge in [0.25, 0.3) is 0 Å². The average molecular weight is 164 g/mol. The van der Waals surface area contributed by atoms with E-state index in [4.69, 9.17) is 16.4 Å². The molecule has 0 aromatic carbocycles. The van der Waals surface area contributed by atoms with Gasteiger partial charge >= 0.3 is 0 Å². The number of nitrogens with one attached hydrogen (secondary N) is 1. The molecule has 0 aliphatic heterocycles. The van der Waals surface area contributed by atoms with E-state index in [0.29, 0.717) is 5.88 Å². The lowest BCUT2D eigenvalue weighted by Crippen LogP contribution is -2.14. The summed E-state index contributed by atoms with van der Waals surface area (Å²) >= 11 is 5.39.